The number of likely N-dealkylation sites (N-methyl/N-ethyl adjacent to an activating group) is 1. The van der Waals surface area contributed by atoms with Gasteiger partial charge in [0.05, 0.1) is 11.7 Å². The number of aromatic nitrogens is 1. The van der Waals surface area contributed by atoms with Crippen LogP contribution in [0, 0.1) is 5.82 Å². The van der Waals surface area contributed by atoms with Gasteiger partial charge in [0.25, 0.3) is 0 Å². The number of thiocarbonyl (C=S) groups is 1. The summed E-state index contributed by atoms with van der Waals surface area (Å²) in [6.07, 6.45) is 1.77. The molecular formula is C20H17BrFN3OS. The van der Waals surface area contributed by atoms with Gasteiger partial charge < -0.3 is 14.6 Å². The number of benzene rings is 1. The van der Waals surface area contributed by atoms with Crippen molar-refractivity contribution in [2.24, 2.45) is 0 Å². The quantitative estimate of drug-likeness (QED) is 0.556. The number of hydrogen-bond donors (Lipinski definition) is 1. The van der Waals surface area contributed by atoms with E-state index in [1.165, 1.54) is 12.1 Å². The minimum atomic E-state index is -0.296. The summed E-state index contributed by atoms with van der Waals surface area (Å²) >= 11 is 8.93. The Labute approximate surface area is 170 Å². The van der Waals surface area contributed by atoms with Gasteiger partial charge in [-0.1, -0.05) is 6.07 Å². The van der Waals surface area contributed by atoms with Crippen LogP contribution in [0.15, 0.2) is 63.6 Å². The molecule has 27 heavy (non-hydrogen) atoms. The van der Waals surface area contributed by atoms with Crippen LogP contribution in [-0.2, 0) is 0 Å². The standard InChI is InChI=1S/C20H17BrFN3OS/c1-2-25-19(18(24-20(25)27)15-5-3-4-10-23-15)17-9-8-16(26-17)13-7-6-12(22)11-14(13)21/h3-11,18-19H,2H2,1H3,(H,24,27). The molecule has 1 N–H and O–H groups in total. The molecule has 0 aliphatic carbocycles. The number of nitrogens with zero attached hydrogens (tertiary/aromatic N) is 2. The first-order valence-corrected chi connectivity index (χ1v) is 9.82. The monoisotopic (exact) mass is 445 g/mol. The zero-order valence-electron chi connectivity index (χ0n) is 14.5. The lowest BCUT2D eigenvalue weighted by Gasteiger charge is -2.24. The largest absolute Gasteiger partial charge is 0.459 e. The van der Waals surface area contributed by atoms with Crippen LogP contribution in [0.1, 0.15) is 30.5 Å². The Balaban J connectivity index is 1.73. The van der Waals surface area contributed by atoms with Gasteiger partial charge in [-0.25, -0.2) is 4.39 Å². The Morgan fingerprint density at radius 2 is 2.11 bits per heavy atom. The maximum Gasteiger partial charge on any atom is 0.170 e. The summed E-state index contributed by atoms with van der Waals surface area (Å²) in [6, 6.07) is 14.0. The molecule has 4 rings (SSSR count). The van der Waals surface area contributed by atoms with Gasteiger partial charge >= 0.3 is 0 Å². The van der Waals surface area contributed by atoms with Gasteiger partial charge in [0.1, 0.15) is 23.4 Å². The van der Waals surface area contributed by atoms with E-state index in [2.05, 4.69) is 38.1 Å². The summed E-state index contributed by atoms with van der Waals surface area (Å²) in [6.45, 7) is 2.80. The van der Waals surface area contributed by atoms with Crippen LogP contribution in [0.5, 0.6) is 0 Å². The molecule has 2 unspecified atom stereocenters. The number of furan rings is 1. The molecule has 7 heteroatoms. The summed E-state index contributed by atoms with van der Waals surface area (Å²) in [4.78, 5) is 6.58. The van der Waals surface area contributed by atoms with E-state index in [4.69, 9.17) is 16.6 Å². The smallest absolute Gasteiger partial charge is 0.170 e. The first-order chi connectivity index (χ1) is 13.1. The molecule has 1 aromatic carbocycles. The van der Waals surface area contributed by atoms with E-state index in [9.17, 15) is 4.39 Å². The van der Waals surface area contributed by atoms with E-state index in [1.54, 1.807) is 12.3 Å². The fraction of sp³-hybridized carbons (Fsp3) is 0.200. The fourth-order valence-electron chi connectivity index (χ4n) is 3.40. The van der Waals surface area contributed by atoms with E-state index in [0.29, 0.717) is 15.3 Å². The molecule has 1 fully saturated rings. The van der Waals surface area contributed by atoms with Crippen molar-refractivity contribution in [2.45, 2.75) is 19.0 Å². The van der Waals surface area contributed by atoms with E-state index in [0.717, 1.165) is 23.6 Å². The Hall–Kier alpha value is -2.25. The Kier molecular flexibility index (Phi) is 4.97. The van der Waals surface area contributed by atoms with Gasteiger partial charge in [-0.2, -0.15) is 0 Å². The Bertz CT molecular complexity index is 978. The second kappa shape index (κ2) is 7.40. The van der Waals surface area contributed by atoms with Crippen LogP contribution in [-0.4, -0.2) is 21.5 Å². The first kappa shape index (κ1) is 18.1. The molecule has 0 radical (unpaired) electrons. The zero-order valence-corrected chi connectivity index (χ0v) is 16.9. The molecular weight excluding hydrogens is 429 g/mol. The summed E-state index contributed by atoms with van der Waals surface area (Å²) in [5.41, 5.74) is 1.70. The topological polar surface area (TPSA) is 41.3 Å². The SMILES string of the molecule is CCN1C(=S)NC(c2ccccn2)C1c1ccc(-c2ccc(F)cc2Br)o1. The van der Waals surface area contributed by atoms with Crippen LogP contribution in [0.25, 0.3) is 11.3 Å². The van der Waals surface area contributed by atoms with E-state index < -0.39 is 0 Å². The van der Waals surface area contributed by atoms with Gasteiger partial charge in [0.15, 0.2) is 5.11 Å². The molecule has 0 amide bonds. The number of rotatable bonds is 4. The highest BCUT2D eigenvalue weighted by atomic mass is 79.9. The first-order valence-electron chi connectivity index (χ1n) is 8.61. The van der Waals surface area contributed by atoms with Crippen LogP contribution < -0.4 is 5.32 Å². The van der Waals surface area contributed by atoms with Crippen molar-refractivity contribution in [1.29, 1.82) is 0 Å². The van der Waals surface area contributed by atoms with Gasteiger partial charge in [-0.3, -0.25) is 4.98 Å². The number of nitrogens with one attached hydrogen (secondary N) is 1. The minimum Gasteiger partial charge on any atom is -0.459 e. The van der Waals surface area contributed by atoms with Gasteiger partial charge in [0.2, 0.25) is 0 Å². The molecule has 1 saturated heterocycles. The van der Waals surface area contributed by atoms with Gasteiger partial charge in [-0.05, 0) is 77.5 Å². The summed E-state index contributed by atoms with van der Waals surface area (Å²) in [5, 5.41) is 4.04. The molecule has 3 heterocycles. The van der Waals surface area contributed by atoms with Crippen molar-refractivity contribution in [2.75, 3.05) is 6.54 Å². The highest BCUT2D eigenvalue weighted by Gasteiger charge is 2.40. The van der Waals surface area contributed by atoms with Gasteiger partial charge in [0, 0.05) is 22.8 Å². The normalized spacial score (nSPS) is 19.4. The second-order valence-corrected chi connectivity index (χ2v) is 7.48. The number of halogens is 2. The number of pyridine rings is 1. The Morgan fingerprint density at radius 3 is 2.81 bits per heavy atom. The third kappa shape index (κ3) is 3.37. The molecule has 4 nitrogen and oxygen atoms in total. The average molecular weight is 446 g/mol. The predicted octanol–water partition coefficient (Wildman–Crippen LogP) is 5.24. The van der Waals surface area contributed by atoms with Crippen molar-refractivity contribution in [3.05, 3.63) is 76.5 Å². The van der Waals surface area contributed by atoms with Crippen LogP contribution in [0.3, 0.4) is 0 Å². The van der Waals surface area contributed by atoms with E-state index in [1.807, 2.05) is 30.3 Å². The third-order valence-corrected chi connectivity index (χ3v) is 5.66. The minimum absolute atomic E-state index is 0.102. The fourth-order valence-corrected chi connectivity index (χ4v) is 4.32. The average Bonchev–Trinajstić information content (AvgIpc) is 3.26. The maximum atomic E-state index is 13.4. The molecule has 3 aromatic rings. The Morgan fingerprint density at radius 1 is 1.26 bits per heavy atom. The van der Waals surface area contributed by atoms with Crippen molar-refractivity contribution in [1.82, 2.24) is 15.2 Å². The number of hydrogen-bond acceptors (Lipinski definition) is 3. The zero-order chi connectivity index (χ0) is 19.0. The molecule has 2 atom stereocenters. The molecule has 0 spiro atoms. The van der Waals surface area contributed by atoms with E-state index >= 15 is 0 Å². The molecule has 138 valence electrons. The lowest BCUT2D eigenvalue weighted by Crippen LogP contribution is -2.29. The predicted molar refractivity (Wildman–Crippen MR) is 110 cm³/mol. The maximum absolute atomic E-state index is 13.4. The second-order valence-electron chi connectivity index (χ2n) is 6.24. The lowest BCUT2D eigenvalue weighted by atomic mass is 10.0. The van der Waals surface area contributed by atoms with Crippen LogP contribution >= 0.6 is 28.1 Å². The molecule has 0 saturated carbocycles. The van der Waals surface area contributed by atoms with Crippen LogP contribution in [0.2, 0.25) is 0 Å². The van der Waals surface area contributed by atoms with Crippen LogP contribution in [0.4, 0.5) is 4.39 Å². The molecule has 1 aliphatic heterocycles. The van der Waals surface area contributed by atoms with E-state index in [-0.39, 0.29) is 17.9 Å². The van der Waals surface area contributed by atoms with Crippen molar-refractivity contribution in [3.63, 3.8) is 0 Å². The molecule has 1 aliphatic rings. The summed E-state index contributed by atoms with van der Waals surface area (Å²) < 4.78 is 20.2. The highest BCUT2D eigenvalue weighted by molar-refractivity contribution is 9.10. The lowest BCUT2D eigenvalue weighted by molar-refractivity contribution is 0.284. The highest BCUT2D eigenvalue weighted by Crippen LogP contribution is 2.41. The third-order valence-electron chi connectivity index (χ3n) is 4.65. The molecule has 2 aromatic heterocycles. The van der Waals surface area contributed by atoms with Gasteiger partial charge in [-0.15, -0.1) is 0 Å². The molecule has 0 bridgehead atoms. The van der Waals surface area contributed by atoms with Crippen molar-refractivity contribution < 1.29 is 8.81 Å². The summed E-state index contributed by atoms with van der Waals surface area (Å²) in [7, 11) is 0. The summed E-state index contributed by atoms with van der Waals surface area (Å²) in [5.74, 6) is 1.16. The van der Waals surface area contributed by atoms with Crippen molar-refractivity contribution in [3.8, 4) is 11.3 Å². The van der Waals surface area contributed by atoms with Crippen molar-refractivity contribution >= 4 is 33.3 Å².